The standard InChI is InChI=1S/C18H19N3O2/c1-19-12-13-21-16(22)18(20-17(21)23,14-8-4-2-5-9-14)15-10-6-3-7-11-15/h2-11,19H,12-13H2,1H3,(H,20,23). The van der Waals surface area contributed by atoms with Gasteiger partial charge in [-0.05, 0) is 18.2 Å². The normalized spacial score (nSPS) is 16.5. The predicted molar refractivity (Wildman–Crippen MR) is 87.8 cm³/mol. The van der Waals surface area contributed by atoms with Crippen molar-refractivity contribution in [3.05, 3.63) is 71.8 Å². The Bertz CT molecular complexity index is 661. The molecule has 0 unspecified atom stereocenters. The van der Waals surface area contributed by atoms with E-state index in [0.717, 1.165) is 11.1 Å². The van der Waals surface area contributed by atoms with Crippen LogP contribution in [0.5, 0.6) is 0 Å². The summed E-state index contributed by atoms with van der Waals surface area (Å²) < 4.78 is 0. The molecular weight excluding hydrogens is 290 g/mol. The van der Waals surface area contributed by atoms with E-state index < -0.39 is 5.54 Å². The number of benzene rings is 2. The molecule has 3 rings (SSSR count). The second-order valence-electron chi connectivity index (χ2n) is 5.47. The minimum absolute atomic E-state index is 0.241. The van der Waals surface area contributed by atoms with Crippen LogP contribution in [0.3, 0.4) is 0 Å². The van der Waals surface area contributed by atoms with Gasteiger partial charge in [-0.3, -0.25) is 9.69 Å². The lowest BCUT2D eigenvalue weighted by Crippen LogP contribution is -2.45. The first kappa shape index (κ1) is 15.2. The molecule has 5 nitrogen and oxygen atoms in total. The monoisotopic (exact) mass is 309 g/mol. The molecule has 0 radical (unpaired) electrons. The van der Waals surface area contributed by atoms with Crippen molar-refractivity contribution in [2.45, 2.75) is 5.54 Å². The fourth-order valence-electron chi connectivity index (χ4n) is 2.94. The van der Waals surface area contributed by atoms with Crippen molar-refractivity contribution in [3.63, 3.8) is 0 Å². The third-order valence-electron chi connectivity index (χ3n) is 4.10. The van der Waals surface area contributed by atoms with E-state index >= 15 is 0 Å². The Morgan fingerprint density at radius 1 is 0.957 bits per heavy atom. The molecule has 0 aliphatic carbocycles. The number of amides is 3. The molecule has 1 aliphatic rings. The molecule has 23 heavy (non-hydrogen) atoms. The highest BCUT2D eigenvalue weighted by Crippen LogP contribution is 2.35. The number of carbonyl (C=O) groups is 2. The zero-order chi connectivity index (χ0) is 16.3. The Kier molecular flexibility index (Phi) is 4.12. The van der Waals surface area contributed by atoms with E-state index in [2.05, 4.69) is 10.6 Å². The van der Waals surface area contributed by atoms with Crippen molar-refractivity contribution in [2.24, 2.45) is 0 Å². The summed E-state index contributed by atoms with van der Waals surface area (Å²) in [5.41, 5.74) is 0.362. The first-order chi connectivity index (χ1) is 11.2. The van der Waals surface area contributed by atoms with E-state index in [-0.39, 0.29) is 11.9 Å². The minimum Gasteiger partial charge on any atom is -0.318 e. The maximum absolute atomic E-state index is 13.2. The van der Waals surface area contributed by atoms with Gasteiger partial charge < -0.3 is 10.6 Å². The van der Waals surface area contributed by atoms with Crippen LogP contribution in [0, 0.1) is 0 Å². The van der Waals surface area contributed by atoms with Crippen molar-refractivity contribution in [1.82, 2.24) is 15.5 Å². The number of carbonyl (C=O) groups excluding carboxylic acids is 2. The lowest BCUT2D eigenvalue weighted by Gasteiger charge is -2.28. The molecule has 0 spiro atoms. The molecule has 2 aromatic carbocycles. The Morgan fingerprint density at radius 2 is 1.48 bits per heavy atom. The average Bonchev–Trinajstić information content (AvgIpc) is 2.86. The molecule has 0 atom stereocenters. The van der Waals surface area contributed by atoms with Gasteiger partial charge in [-0.15, -0.1) is 0 Å². The summed E-state index contributed by atoms with van der Waals surface area (Å²) in [6.07, 6.45) is 0. The van der Waals surface area contributed by atoms with E-state index in [1.165, 1.54) is 4.90 Å². The van der Waals surface area contributed by atoms with Gasteiger partial charge in [-0.2, -0.15) is 0 Å². The molecule has 2 aromatic rings. The Morgan fingerprint density at radius 3 is 1.96 bits per heavy atom. The van der Waals surface area contributed by atoms with Crippen molar-refractivity contribution in [1.29, 1.82) is 0 Å². The molecule has 1 saturated heterocycles. The van der Waals surface area contributed by atoms with Gasteiger partial charge in [0.05, 0.1) is 0 Å². The van der Waals surface area contributed by atoms with Gasteiger partial charge >= 0.3 is 6.03 Å². The highest BCUT2D eigenvalue weighted by Gasteiger charge is 2.53. The van der Waals surface area contributed by atoms with Crippen LogP contribution >= 0.6 is 0 Å². The second-order valence-corrected chi connectivity index (χ2v) is 5.47. The van der Waals surface area contributed by atoms with Gasteiger partial charge in [-0.25, -0.2) is 4.79 Å². The van der Waals surface area contributed by atoms with E-state index in [1.807, 2.05) is 60.7 Å². The first-order valence-electron chi connectivity index (χ1n) is 7.60. The zero-order valence-corrected chi connectivity index (χ0v) is 13.0. The van der Waals surface area contributed by atoms with E-state index in [9.17, 15) is 9.59 Å². The topological polar surface area (TPSA) is 61.4 Å². The Balaban J connectivity index is 2.12. The van der Waals surface area contributed by atoms with Gasteiger partial charge in [0.25, 0.3) is 5.91 Å². The van der Waals surface area contributed by atoms with Gasteiger partial charge in [-0.1, -0.05) is 60.7 Å². The van der Waals surface area contributed by atoms with E-state index in [1.54, 1.807) is 7.05 Å². The van der Waals surface area contributed by atoms with Crippen LogP contribution in [-0.2, 0) is 10.3 Å². The van der Waals surface area contributed by atoms with Crippen LogP contribution in [0.25, 0.3) is 0 Å². The highest BCUT2D eigenvalue weighted by molar-refractivity contribution is 6.09. The van der Waals surface area contributed by atoms with E-state index in [4.69, 9.17) is 0 Å². The molecule has 1 aliphatic heterocycles. The Hall–Kier alpha value is -2.66. The zero-order valence-electron chi connectivity index (χ0n) is 13.0. The average molecular weight is 309 g/mol. The molecule has 0 bridgehead atoms. The Labute approximate surface area is 135 Å². The van der Waals surface area contributed by atoms with Crippen LogP contribution in [-0.4, -0.2) is 37.0 Å². The van der Waals surface area contributed by atoms with Gasteiger partial charge in [0.1, 0.15) is 0 Å². The molecular formula is C18H19N3O2. The third-order valence-corrected chi connectivity index (χ3v) is 4.10. The molecule has 118 valence electrons. The molecule has 2 N–H and O–H groups in total. The van der Waals surface area contributed by atoms with Crippen molar-refractivity contribution in [3.8, 4) is 0 Å². The maximum atomic E-state index is 13.2. The lowest BCUT2D eigenvalue weighted by molar-refractivity contribution is -0.130. The maximum Gasteiger partial charge on any atom is 0.325 e. The smallest absolute Gasteiger partial charge is 0.318 e. The molecule has 1 heterocycles. The SMILES string of the molecule is CNCCN1C(=O)NC(c2ccccc2)(c2ccccc2)C1=O. The number of hydrogen-bond acceptors (Lipinski definition) is 3. The quantitative estimate of drug-likeness (QED) is 0.827. The van der Waals surface area contributed by atoms with Gasteiger partial charge in [0.15, 0.2) is 5.54 Å². The predicted octanol–water partition coefficient (Wildman–Crippen LogP) is 1.70. The fourth-order valence-corrected chi connectivity index (χ4v) is 2.94. The molecule has 1 fully saturated rings. The number of rotatable bonds is 5. The van der Waals surface area contributed by atoms with Crippen LogP contribution in [0.2, 0.25) is 0 Å². The number of urea groups is 1. The van der Waals surface area contributed by atoms with Crippen molar-refractivity contribution < 1.29 is 9.59 Å². The largest absolute Gasteiger partial charge is 0.325 e. The van der Waals surface area contributed by atoms with Gasteiger partial charge in [0, 0.05) is 13.1 Å². The number of likely N-dealkylation sites (N-methyl/N-ethyl adjacent to an activating group) is 1. The van der Waals surface area contributed by atoms with Crippen molar-refractivity contribution >= 4 is 11.9 Å². The number of imide groups is 1. The second kappa shape index (κ2) is 6.22. The summed E-state index contributed by atoms with van der Waals surface area (Å²) in [4.78, 5) is 26.9. The van der Waals surface area contributed by atoms with E-state index in [0.29, 0.717) is 13.1 Å². The number of hydrogen-bond donors (Lipinski definition) is 2. The summed E-state index contributed by atoms with van der Waals surface area (Å²) in [7, 11) is 1.79. The molecule has 3 amide bonds. The summed E-state index contributed by atoms with van der Waals surface area (Å²) >= 11 is 0. The van der Waals surface area contributed by atoms with Gasteiger partial charge in [0.2, 0.25) is 0 Å². The number of nitrogens with one attached hydrogen (secondary N) is 2. The summed E-state index contributed by atoms with van der Waals surface area (Å²) in [6.45, 7) is 0.890. The molecule has 0 saturated carbocycles. The first-order valence-corrected chi connectivity index (χ1v) is 7.60. The number of nitrogens with zero attached hydrogens (tertiary/aromatic N) is 1. The lowest BCUT2D eigenvalue weighted by atomic mass is 9.82. The van der Waals surface area contributed by atoms with Crippen LogP contribution in [0.1, 0.15) is 11.1 Å². The summed E-state index contributed by atoms with van der Waals surface area (Å²) in [5.74, 6) is -0.241. The molecule has 0 aromatic heterocycles. The highest BCUT2D eigenvalue weighted by atomic mass is 16.2. The third kappa shape index (κ3) is 2.49. The van der Waals surface area contributed by atoms with Crippen LogP contribution < -0.4 is 10.6 Å². The molecule has 5 heteroatoms. The van der Waals surface area contributed by atoms with Crippen molar-refractivity contribution in [2.75, 3.05) is 20.1 Å². The summed E-state index contributed by atoms with van der Waals surface area (Å²) in [5, 5.41) is 5.89. The van der Waals surface area contributed by atoms with Crippen LogP contribution in [0.15, 0.2) is 60.7 Å². The van der Waals surface area contributed by atoms with Crippen LogP contribution in [0.4, 0.5) is 4.79 Å². The summed E-state index contributed by atoms with van der Waals surface area (Å²) in [6, 6.07) is 18.4. The minimum atomic E-state index is -1.16. The fraction of sp³-hybridized carbons (Fsp3) is 0.222.